The summed E-state index contributed by atoms with van der Waals surface area (Å²) < 4.78 is 0. The van der Waals surface area contributed by atoms with Gasteiger partial charge in [0.25, 0.3) is 0 Å². The minimum Gasteiger partial charge on any atom is -0.478 e. The molecule has 0 fully saturated rings. The first-order valence-electron chi connectivity index (χ1n) is 6.09. The highest BCUT2D eigenvalue weighted by Gasteiger charge is 2.21. The Hall–Kier alpha value is -2.48. The zero-order chi connectivity index (χ0) is 15.6. The van der Waals surface area contributed by atoms with E-state index in [0.29, 0.717) is 0 Å². The van der Waals surface area contributed by atoms with E-state index in [9.17, 15) is 14.9 Å². The molecule has 2 heterocycles. The molecule has 1 atom stereocenters. The zero-order valence-electron chi connectivity index (χ0n) is 11.4. The molecule has 2 aromatic rings. The number of aromatic nitrogens is 1. The molecule has 1 unspecified atom stereocenters. The Morgan fingerprint density at radius 2 is 2.24 bits per heavy atom. The molecule has 0 bridgehead atoms. The summed E-state index contributed by atoms with van der Waals surface area (Å²) in [5.41, 5.74) is -0.568. The molecule has 0 aliphatic carbocycles. The lowest BCUT2D eigenvalue weighted by Crippen LogP contribution is -2.10. The van der Waals surface area contributed by atoms with Gasteiger partial charge in [0.15, 0.2) is 0 Å². The van der Waals surface area contributed by atoms with Gasteiger partial charge in [-0.3, -0.25) is 10.1 Å². The normalized spacial score (nSPS) is 11.9. The van der Waals surface area contributed by atoms with Crippen LogP contribution in [0.25, 0.3) is 0 Å². The van der Waals surface area contributed by atoms with Gasteiger partial charge >= 0.3 is 11.7 Å². The highest BCUT2D eigenvalue weighted by atomic mass is 32.1. The maximum Gasteiger partial charge on any atom is 0.337 e. The van der Waals surface area contributed by atoms with E-state index in [1.54, 1.807) is 11.3 Å². The van der Waals surface area contributed by atoms with E-state index >= 15 is 0 Å². The van der Waals surface area contributed by atoms with Crippen molar-refractivity contribution in [1.82, 2.24) is 4.98 Å². The van der Waals surface area contributed by atoms with E-state index in [0.717, 1.165) is 22.0 Å². The molecule has 0 radical (unpaired) electrons. The fraction of sp³-hybridized carbons (Fsp3) is 0.231. The molecule has 110 valence electrons. The Labute approximate surface area is 124 Å². The second-order valence-corrected chi connectivity index (χ2v) is 5.79. The number of hydrogen-bond donors (Lipinski definition) is 2. The van der Waals surface area contributed by atoms with Crippen molar-refractivity contribution < 1.29 is 14.8 Å². The van der Waals surface area contributed by atoms with Gasteiger partial charge in [-0.2, -0.15) is 0 Å². The molecule has 21 heavy (non-hydrogen) atoms. The van der Waals surface area contributed by atoms with Crippen molar-refractivity contribution in [3.05, 3.63) is 49.8 Å². The molecule has 8 heteroatoms. The number of nitrogens with one attached hydrogen (secondary N) is 1. The molecular weight excluding hydrogens is 294 g/mol. The van der Waals surface area contributed by atoms with E-state index in [4.69, 9.17) is 5.11 Å². The number of nitro groups is 1. The van der Waals surface area contributed by atoms with Gasteiger partial charge in [-0.25, -0.2) is 9.78 Å². The van der Waals surface area contributed by atoms with Crippen molar-refractivity contribution in [2.45, 2.75) is 19.9 Å². The maximum atomic E-state index is 11.1. The maximum absolute atomic E-state index is 11.1. The number of rotatable bonds is 5. The Morgan fingerprint density at radius 3 is 2.76 bits per heavy atom. The second-order valence-electron chi connectivity index (χ2n) is 4.47. The second kappa shape index (κ2) is 5.88. The lowest BCUT2D eigenvalue weighted by molar-refractivity contribution is -0.384. The molecule has 0 aromatic carbocycles. The molecule has 7 nitrogen and oxygen atoms in total. The third kappa shape index (κ3) is 3.34. The summed E-state index contributed by atoms with van der Waals surface area (Å²) in [5, 5.41) is 22.9. The number of carboxylic acid groups (broad SMARTS) is 1. The fourth-order valence-corrected chi connectivity index (χ4v) is 2.66. The van der Waals surface area contributed by atoms with Crippen LogP contribution in [-0.4, -0.2) is 21.0 Å². The highest BCUT2D eigenvalue weighted by molar-refractivity contribution is 7.12. The van der Waals surface area contributed by atoms with Crippen LogP contribution in [-0.2, 0) is 0 Å². The van der Waals surface area contributed by atoms with Crippen LogP contribution >= 0.6 is 11.3 Å². The molecule has 0 aliphatic rings. The summed E-state index contributed by atoms with van der Waals surface area (Å²) in [6.07, 6.45) is 1.10. The SMILES string of the molecule is Cc1ccc(C(C)Nc2ncc(C(=O)O)cc2[N+](=O)[O-])s1. The van der Waals surface area contributed by atoms with Crippen LogP contribution in [0.3, 0.4) is 0 Å². The molecular formula is C13H13N3O4S. The van der Waals surface area contributed by atoms with Gasteiger partial charge in [0.1, 0.15) is 0 Å². The minimum atomic E-state index is -1.25. The number of carboxylic acids is 1. The summed E-state index contributed by atoms with van der Waals surface area (Å²) in [6, 6.07) is 4.75. The average Bonchev–Trinajstić information content (AvgIpc) is 2.85. The highest BCUT2D eigenvalue weighted by Crippen LogP contribution is 2.29. The minimum absolute atomic E-state index is 0.0588. The first kappa shape index (κ1) is 14.9. The Kier molecular flexibility index (Phi) is 4.18. The van der Waals surface area contributed by atoms with Crippen molar-refractivity contribution in [3.63, 3.8) is 0 Å². The summed E-state index contributed by atoms with van der Waals surface area (Å²) in [7, 11) is 0. The summed E-state index contributed by atoms with van der Waals surface area (Å²) >= 11 is 1.58. The third-order valence-electron chi connectivity index (χ3n) is 2.85. The molecule has 2 aromatic heterocycles. The van der Waals surface area contributed by atoms with E-state index < -0.39 is 10.9 Å². The van der Waals surface area contributed by atoms with Crippen LogP contribution in [0.5, 0.6) is 0 Å². The number of thiophene rings is 1. The topological polar surface area (TPSA) is 105 Å². The number of anilines is 1. The van der Waals surface area contributed by atoms with Crippen LogP contribution in [0.15, 0.2) is 24.4 Å². The summed E-state index contributed by atoms with van der Waals surface area (Å²) in [5.74, 6) is -1.19. The number of pyridine rings is 1. The van der Waals surface area contributed by atoms with E-state index in [-0.39, 0.29) is 23.1 Å². The van der Waals surface area contributed by atoms with Gasteiger partial charge in [-0.05, 0) is 26.0 Å². The van der Waals surface area contributed by atoms with Crippen molar-refractivity contribution in [2.24, 2.45) is 0 Å². The van der Waals surface area contributed by atoms with Crippen molar-refractivity contribution in [1.29, 1.82) is 0 Å². The summed E-state index contributed by atoms with van der Waals surface area (Å²) in [6.45, 7) is 3.84. The van der Waals surface area contributed by atoms with Gasteiger partial charge in [0, 0.05) is 22.0 Å². The predicted molar refractivity (Wildman–Crippen MR) is 78.9 cm³/mol. The van der Waals surface area contributed by atoms with Gasteiger partial charge < -0.3 is 10.4 Å². The molecule has 0 spiro atoms. The predicted octanol–water partition coefficient (Wildman–Crippen LogP) is 3.23. The van der Waals surface area contributed by atoms with Crippen molar-refractivity contribution >= 4 is 28.8 Å². The third-order valence-corrected chi connectivity index (χ3v) is 4.04. The molecule has 0 saturated carbocycles. The Balaban J connectivity index is 2.31. The van der Waals surface area contributed by atoms with Crippen LogP contribution < -0.4 is 5.32 Å². The fourth-order valence-electron chi connectivity index (χ4n) is 1.78. The number of aromatic carboxylic acids is 1. The van der Waals surface area contributed by atoms with Crippen molar-refractivity contribution in [3.8, 4) is 0 Å². The molecule has 0 aliphatic heterocycles. The van der Waals surface area contributed by atoms with Crippen LogP contribution in [0.2, 0.25) is 0 Å². The first-order valence-corrected chi connectivity index (χ1v) is 6.90. The van der Waals surface area contributed by atoms with E-state index in [2.05, 4.69) is 10.3 Å². The molecule has 2 N–H and O–H groups in total. The summed E-state index contributed by atoms with van der Waals surface area (Å²) in [4.78, 5) is 27.3. The van der Waals surface area contributed by atoms with Crippen LogP contribution in [0, 0.1) is 17.0 Å². The lowest BCUT2D eigenvalue weighted by Gasteiger charge is -2.13. The average molecular weight is 307 g/mol. The van der Waals surface area contributed by atoms with Gasteiger partial charge in [0.05, 0.1) is 16.5 Å². The molecule has 0 amide bonds. The number of aryl methyl sites for hydroxylation is 1. The van der Waals surface area contributed by atoms with Gasteiger partial charge in [0.2, 0.25) is 5.82 Å². The zero-order valence-corrected chi connectivity index (χ0v) is 12.2. The quantitative estimate of drug-likeness (QED) is 0.649. The Bertz CT molecular complexity index is 698. The number of carbonyl (C=O) groups is 1. The van der Waals surface area contributed by atoms with Gasteiger partial charge in [-0.15, -0.1) is 11.3 Å². The van der Waals surface area contributed by atoms with E-state index in [1.807, 2.05) is 26.0 Å². The Morgan fingerprint density at radius 1 is 1.52 bits per heavy atom. The lowest BCUT2D eigenvalue weighted by atomic mass is 10.2. The number of hydrogen-bond acceptors (Lipinski definition) is 6. The largest absolute Gasteiger partial charge is 0.478 e. The van der Waals surface area contributed by atoms with Crippen LogP contribution in [0.4, 0.5) is 11.5 Å². The van der Waals surface area contributed by atoms with E-state index in [1.165, 1.54) is 0 Å². The monoisotopic (exact) mass is 307 g/mol. The van der Waals surface area contributed by atoms with Crippen LogP contribution in [0.1, 0.15) is 33.1 Å². The standard InChI is InChI=1S/C13H13N3O4S/c1-7-3-4-11(21-7)8(2)15-12-10(16(19)20)5-9(6-14-12)13(17)18/h3-6,8H,1-2H3,(H,14,15)(H,17,18). The van der Waals surface area contributed by atoms with Crippen molar-refractivity contribution in [2.75, 3.05) is 5.32 Å². The number of nitrogens with zero attached hydrogens (tertiary/aromatic N) is 2. The molecule has 2 rings (SSSR count). The molecule has 0 saturated heterocycles. The van der Waals surface area contributed by atoms with Gasteiger partial charge in [-0.1, -0.05) is 0 Å². The first-order chi connectivity index (χ1) is 9.88. The smallest absolute Gasteiger partial charge is 0.337 e.